The molecule has 4 rings (SSSR count). The Morgan fingerprint density at radius 3 is 2.65 bits per heavy atom. The van der Waals surface area contributed by atoms with Gasteiger partial charge in [-0.3, -0.25) is 9.36 Å². The van der Waals surface area contributed by atoms with Gasteiger partial charge in [0.05, 0.1) is 5.39 Å². The van der Waals surface area contributed by atoms with Crippen molar-refractivity contribution in [1.82, 2.24) is 14.5 Å². The summed E-state index contributed by atoms with van der Waals surface area (Å²) in [7, 11) is 0. The van der Waals surface area contributed by atoms with E-state index in [2.05, 4.69) is 24.1 Å². The van der Waals surface area contributed by atoms with E-state index in [1.54, 1.807) is 11.3 Å². The predicted octanol–water partition coefficient (Wildman–Crippen LogP) is 3.82. The molecule has 2 aliphatic rings. The second kappa shape index (κ2) is 7.69. The van der Waals surface area contributed by atoms with E-state index in [4.69, 9.17) is 4.98 Å². The van der Waals surface area contributed by atoms with Crippen molar-refractivity contribution in [2.45, 2.75) is 64.8 Å². The van der Waals surface area contributed by atoms with Crippen LogP contribution in [0.15, 0.2) is 4.79 Å². The number of piperidine rings is 1. The van der Waals surface area contributed by atoms with Crippen molar-refractivity contribution in [2.24, 2.45) is 0 Å². The van der Waals surface area contributed by atoms with E-state index in [0.29, 0.717) is 0 Å². The fraction of sp³-hybridized carbons (Fsp3) is 0.700. The number of hydrogen-bond donors (Lipinski definition) is 1. The number of nitrogens with zero attached hydrogens (tertiary/aromatic N) is 3. The van der Waals surface area contributed by atoms with Gasteiger partial charge in [0, 0.05) is 24.0 Å². The quantitative estimate of drug-likeness (QED) is 0.864. The molecular weight excluding hydrogens is 344 g/mol. The number of nitrogens with one attached hydrogen (secondary N) is 1. The van der Waals surface area contributed by atoms with Crippen LogP contribution in [0, 0.1) is 0 Å². The lowest BCUT2D eigenvalue weighted by Gasteiger charge is -2.26. The molecule has 2 aromatic rings. The van der Waals surface area contributed by atoms with E-state index in [9.17, 15) is 4.79 Å². The lowest BCUT2D eigenvalue weighted by atomic mass is 9.97. The molecule has 0 radical (unpaired) electrons. The lowest BCUT2D eigenvalue weighted by molar-refractivity contribution is 0.237. The molecule has 1 fully saturated rings. The first kappa shape index (κ1) is 18.0. The third-order valence-electron chi connectivity index (χ3n) is 5.70. The highest BCUT2D eigenvalue weighted by Gasteiger charge is 2.23. The number of aromatic nitrogens is 2. The van der Waals surface area contributed by atoms with Crippen LogP contribution in [0.2, 0.25) is 0 Å². The Bertz CT molecular complexity index is 832. The van der Waals surface area contributed by atoms with Crippen molar-refractivity contribution in [3.63, 3.8) is 0 Å². The van der Waals surface area contributed by atoms with E-state index in [1.165, 1.54) is 55.6 Å². The number of fused-ring (bicyclic) bond motifs is 3. The van der Waals surface area contributed by atoms with Gasteiger partial charge in [-0.1, -0.05) is 6.42 Å². The maximum atomic E-state index is 13.3. The molecule has 0 amide bonds. The van der Waals surface area contributed by atoms with Gasteiger partial charge < -0.3 is 10.2 Å². The van der Waals surface area contributed by atoms with Crippen molar-refractivity contribution < 1.29 is 0 Å². The fourth-order valence-electron chi connectivity index (χ4n) is 4.33. The summed E-state index contributed by atoms with van der Waals surface area (Å²) < 4.78 is 1.86. The molecule has 0 unspecified atom stereocenters. The maximum absolute atomic E-state index is 13.3. The molecular formula is C20H30N4OS. The zero-order chi connectivity index (χ0) is 18.1. The molecule has 0 saturated carbocycles. The van der Waals surface area contributed by atoms with Crippen molar-refractivity contribution in [3.8, 4) is 0 Å². The summed E-state index contributed by atoms with van der Waals surface area (Å²) in [5.41, 5.74) is 1.42. The Balaban J connectivity index is 1.62. The summed E-state index contributed by atoms with van der Waals surface area (Å²) in [6.45, 7) is 8.40. The molecule has 0 atom stereocenters. The summed E-state index contributed by atoms with van der Waals surface area (Å²) in [6, 6.07) is 0.107. The fourth-order valence-corrected chi connectivity index (χ4v) is 5.58. The molecule has 1 aliphatic carbocycles. The van der Waals surface area contributed by atoms with Gasteiger partial charge in [-0.15, -0.1) is 11.3 Å². The van der Waals surface area contributed by atoms with Crippen LogP contribution in [-0.2, 0) is 12.8 Å². The van der Waals surface area contributed by atoms with Crippen molar-refractivity contribution in [1.29, 1.82) is 0 Å². The Hall–Kier alpha value is -1.40. The van der Waals surface area contributed by atoms with Crippen LogP contribution in [0.3, 0.4) is 0 Å². The monoisotopic (exact) mass is 374 g/mol. The van der Waals surface area contributed by atoms with Crippen LogP contribution < -0.4 is 10.9 Å². The third-order valence-corrected chi connectivity index (χ3v) is 6.88. The molecule has 1 saturated heterocycles. The smallest absolute Gasteiger partial charge is 0.264 e. The summed E-state index contributed by atoms with van der Waals surface area (Å²) in [5.74, 6) is 0.744. The molecule has 26 heavy (non-hydrogen) atoms. The molecule has 0 bridgehead atoms. The van der Waals surface area contributed by atoms with Crippen molar-refractivity contribution in [3.05, 3.63) is 20.8 Å². The average molecular weight is 375 g/mol. The van der Waals surface area contributed by atoms with Gasteiger partial charge in [-0.2, -0.15) is 0 Å². The summed E-state index contributed by atoms with van der Waals surface area (Å²) in [4.78, 5) is 23.0. The van der Waals surface area contributed by atoms with Gasteiger partial charge in [-0.05, 0) is 71.0 Å². The first-order valence-corrected chi connectivity index (χ1v) is 11.0. The molecule has 5 nitrogen and oxygen atoms in total. The summed E-state index contributed by atoms with van der Waals surface area (Å²) >= 11 is 1.74. The maximum Gasteiger partial charge on any atom is 0.264 e. The Morgan fingerprint density at radius 2 is 1.88 bits per heavy atom. The van der Waals surface area contributed by atoms with Crippen molar-refractivity contribution >= 4 is 27.5 Å². The molecule has 0 aromatic carbocycles. The molecule has 2 aromatic heterocycles. The molecule has 6 heteroatoms. The average Bonchev–Trinajstić information content (AvgIpc) is 3.01. The first-order chi connectivity index (χ1) is 12.6. The number of anilines is 1. The molecule has 1 aliphatic heterocycles. The van der Waals surface area contributed by atoms with Crippen LogP contribution >= 0.6 is 11.3 Å². The number of rotatable bonds is 5. The van der Waals surface area contributed by atoms with Crippen molar-refractivity contribution in [2.75, 3.05) is 31.5 Å². The van der Waals surface area contributed by atoms with Crippen LogP contribution in [0.1, 0.15) is 62.4 Å². The van der Waals surface area contributed by atoms with E-state index in [1.807, 2.05) is 4.57 Å². The highest BCUT2D eigenvalue weighted by atomic mass is 32.1. The highest BCUT2D eigenvalue weighted by Crippen LogP contribution is 2.34. The van der Waals surface area contributed by atoms with Gasteiger partial charge in [-0.25, -0.2) is 4.98 Å². The SMILES string of the molecule is CC(C)n1c(NCCN2CCCCC2)nc2sc3c(c2c1=O)CCCC3. The second-order valence-corrected chi connectivity index (χ2v) is 9.01. The minimum Gasteiger partial charge on any atom is -0.354 e. The van der Waals surface area contributed by atoms with E-state index in [-0.39, 0.29) is 11.6 Å². The van der Waals surface area contributed by atoms with Gasteiger partial charge in [0.2, 0.25) is 5.95 Å². The number of hydrogen-bond acceptors (Lipinski definition) is 5. The Kier molecular flexibility index (Phi) is 5.32. The standard InChI is InChI=1S/C20H30N4OS/c1-14(2)24-19(25)17-15-8-4-5-9-16(15)26-18(17)22-20(24)21-10-13-23-11-6-3-7-12-23/h14H,3-13H2,1-2H3,(H,21,22). The van der Waals surface area contributed by atoms with E-state index in [0.717, 1.165) is 42.1 Å². The highest BCUT2D eigenvalue weighted by molar-refractivity contribution is 7.18. The van der Waals surface area contributed by atoms with E-state index < -0.39 is 0 Å². The molecule has 1 N–H and O–H groups in total. The van der Waals surface area contributed by atoms with Gasteiger partial charge in [0.25, 0.3) is 5.56 Å². The summed E-state index contributed by atoms with van der Waals surface area (Å²) in [5, 5.41) is 4.36. The Morgan fingerprint density at radius 1 is 1.12 bits per heavy atom. The number of aryl methyl sites for hydroxylation is 2. The number of thiophene rings is 1. The second-order valence-electron chi connectivity index (χ2n) is 7.92. The lowest BCUT2D eigenvalue weighted by Crippen LogP contribution is -2.35. The summed E-state index contributed by atoms with van der Waals surface area (Å²) in [6.07, 6.45) is 8.54. The van der Waals surface area contributed by atoms with Crippen LogP contribution in [0.4, 0.5) is 5.95 Å². The molecule has 0 spiro atoms. The van der Waals surface area contributed by atoms with Gasteiger partial charge >= 0.3 is 0 Å². The topological polar surface area (TPSA) is 50.2 Å². The van der Waals surface area contributed by atoms with Gasteiger partial charge in [0.1, 0.15) is 4.83 Å². The normalized spacial score (nSPS) is 18.4. The van der Waals surface area contributed by atoms with Crippen LogP contribution in [0.5, 0.6) is 0 Å². The minimum atomic E-state index is 0.107. The van der Waals surface area contributed by atoms with Crippen LogP contribution in [-0.4, -0.2) is 40.6 Å². The largest absolute Gasteiger partial charge is 0.354 e. The zero-order valence-corrected chi connectivity index (χ0v) is 16.8. The Labute approximate surface area is 159 Å². The zero-order valence-electron chi connectivity index (χ0n) is 16.0. The minimum absolute atomic E-state index is 0.107. The number of likely N-dealkylation sites (tertiary alicyclic amines) is 1. The molecule has 3 heterocycles. The van der Waals surface area contributed by atoms with Crippen LogP contribution in [0.25, 0.3) is 10.2 Å². The van der Waals surface area contributed by atoms with Gasteiger partial charge in [0.15, 0.2) is 0 Å². The predicted molar refractivity (Wildman–Crippen MR) is 110 cm³/mol. The third kappa shape index (κ3) is 3.41. The first-order valence-electron chi connectivity index (χ1n) is 10.2. The molecule has 142 valence electrons. The van der Waals surface area contributed by atoms with E-state index >= 15 is 0 Å².